The maximum absolute atomic E-state index is 12.8. The van der Waals surface area contributed by atoms with E-state index in [-0.39, 0.29) is 22.9 Å². The molecule has 0 atom stereocenters. The number of rotatable bonds is 4. The molecule has 7 nitrogen and oxygen atoms in total. The van der Waals surface area contributed by atoms with Crippen LogP contribution in [-0.2, 0) is 11.3 Å². The average molecular weight is 456 g/mol. The van der Waals surface area contributed by atoms with Crippen LogP contribution in [0.1, 0.15) is 16.8 Å². The van der Waals surface area contributed by atoms with Crippen LogP contribution in [0, 0.1) is 20.8 Å². The molecule has 2 heterocycles. The highest BCUT2D eigenvalue weighted by Crippen LogP contribution is 2.24. The zero-order chi connectivity index (χ0) is 22.3. The lowest BCUT2D eigenvalue weighted by molar-refractivity contribution is -0.116. The smallest absolute Gasteiger partial charge is 0.261 e. The van der Waals surface area contributed by atoms with E-state index >= 15 is 0 Å². The van der Waals surface area contributed by atoms with Gasteiger partial charge in [0.25, 0.3) is 5.56 Å². The molecule has 0 spiro atoms. The number of amides is 1. The van der Waals surface area contributed by atoms with Crippen molar-refractivity contribution in [1.82, 2.24) is 19.3 Å². The fraction of sp³-hybridized carbons (Fsp3) is 0.182. The van der Waals surface area contributed by atoms with Gasteiger partial charge in [0.05, 0.1) is 33.6 Å². The third kappa shape index (κ3) is 4.19. The predicted octanol–water partition coefficient (Wildman–Crippen LogP) is 4.45. The molecule has 0 aliphatic rings. The van der Waals surface area contributed by atoms with Gasteiger partial charge in [0.2, 0.25) is 5.91 Å². The molecular weight excluding hydrogens is 437 g/mol. The number of anilines is 1. The first-order valence-corrected chi connectivity index (χ1v) is 10.3. The molecule has 1 amide bonds. The van der Waals surface area contributed by atoms with E-state index in [9.17, 15) is 9.59 Å². The van der Waals surface area contributed by atoms with Gasteiger partial charge in [0.15, 0.2) is 0 Å². The lowest BCUT2D eigenvalue weighted by atomic mass is 10.1. The van der Waals surface area contributed by atoms with E-state index in [0.717, 1.165) is 22.5 Å². The van der Waals surface area contributed by atoms with Crippen molar-refractivity contribution < 1.29 is 4.79 Å². The molecule has 0 saturated carbocycles. The van der Waals surface area contributed by atoms with Crippen molar-refractivity contribution in [2.45, 2.75) is 27.3 Å². The van der Waals surface area contributed by atoms with Gasteiger partial charge in [0, 0.05) is 11.1 Å². The lowest BCUT2D eigenvalue weighted by Gasteiger charge is -2.13. The standard InChI is InChI=1S/C22H19Cl2N5O2/c1-12-4-5-13(2)18(6-12)29-19(7-14(3)27-29)26-20(30)10-28-11-25-21-16(22(28)31)8-15(23)9-17(21)24/h4-9,11H,10H2,1-3H3,(H,26,30). The second-order valence-electron chi connectivity index (χ2n) is 7.38. The van der Waals surface area contributed by atoms with Gasteiger partial charge in [0.1, 0.15) is 12.4 Å². The molecule has 9 heteroatoms. The molecule has 0 aliphatic carbocycles. The summed E-state index contributed by atoms with van der Waals surface area (Å²) in [4.78, 5) is 29.8. The first-order valence-electron chi connectivity index (χ1n) is 9.51. The highest BCUT2D eigenvalue weighted by atomic mass is 35.5. The number of hydrogen-bond acceptors (Lipinski definition) is 4. The van der Waals surface area contributed by atoms with Crippen molar-refractivity contribution in [3.8, 4) is 5.69 Å². The molecule has 0 bridgehead atoms. The molecule has 4 rings (SSSR count). The van der Waals surface area contributed by atoms with Gasteiger partial charge in [-0.15, -0.1) is 0 Å². The number of nitrogens with zero attached hydrogens (tertiary/aromatic N) is 4. The zero-order valence-corrected chi connectivity index (χ0v) is 18.6. The number of aromatic nitrogens is 4. The lowest BCUT2D eigenvalue weighted by Crippen LogP contribution is -2.28. The minimum absolute atomic E-state index is 0.219. The van der Waals surface area contributed by atoms with Crippen LogP contribution in [0.25, 0.3) is 16.6 Å². The van der Waals surface area contributed by atoms with Crippen molar-refractivity contribution in [2.24, 2.45) is 0 Å². The summed E-state index contributed by atoms with van der Waals surface area (Å²) in [5.41, 5.74) is 3.67. The van der Waals surface area contributed by atoms with Gasteiger partial charge in [-0.1, -0.05) is 35.3 Å². The highest BCUT2D eigenvalue weighted by Gasteiger charge is 2.15. The average Bonchev–Trinajstić information content (AvgIpc) is 3.06. The summed E-state index contributed by atoms with van der Waals surface area (Å²) < 4.78 is 2.91. The molecule has 2 aromatic heterocycles. The Kier molecular flexibility index (Phi) is 5.56. The number of carbonyl (C=O) groups is 1. The Morgan fingerprint density at radius 1 is 1.10 bits per heavy atom. The normalized spacial score (nSPS) is 11.1. The van der Waals surface area contributed by atoms with Crippen molar-refractivity contribution in [3.63, 3.8) is 0 Å². The minimum Gasteiger partial charge on any atom is -0.309 e. The van der Waals surface area contributed by atoms with E-state index in [1.54, 1.807) is 10.7 Å². The molecule has 0 unspecified atom stereocenters. The van der Waals surface area contributed by atoms with Crippen molar-refractivity contribution in [2.75, 3.05) is 5.32 Å². The Bertz CT molecular complexity index is 1390. The maximum atomic E-state index is 12.8. The van der Waals surface area contributed by atoms with Crippen molar-refractivity contribution >= 4 is 45.8 Å². The van der Waals surface area contributed by atoms with E-state index in [1.165, 1.54) is 23.0 Å². The molecule has 0 saturated heterocycles. The molecule has 31 heavy (non-hydrogen) atoms. The van der Waals surface area contributed by atoms with Crippen LogP contribution in [0.5, 0.6) is 0 Å². The summed E-state index contributed by atoms with van der Waals surface area (Å²) in [7, 11) is 0. The van der Waals surface area contributed by atoms with E-state index in [4.69, 9.17) is 23.2 Å². The van der Waals surface area contributed by atoms with Gasteiger partial charge < -0.3 is 5.32 Å². The second-order valence-corrected chi connectivity index (χ2v) is 8.23. The van der Waals surface area contributed by atoms with E-state index in [0.29, 0.717) is 16.4 Å². The summed E-state index contributed by atoms with van der Waals surface area (Å²) in [5, 5.41) is 8.22. The highest BCUT2D eigenvalue weighted by molar-refractivity contribution is 6.38. The number of halogens is 2. The van der Waals surface area contributed by atoms with Crippen molar-refractivity contribution in [3.05, 3.63) is 79.9 Å². The predicted molar refractivity (Wildman–Crippen MR) is 122 cm³/mol. The summed E-state index contributed by atoms with van der Waals surface area (Å²) >= 11 is 12.1. The summed E-state index contributed by atoms with van der Waals surface area (Å²) in [6.07, 6.45) is 1.30. The fourth-order valence-electron chi connectivity index (χ4n) is 3.36. The molecule has 1 N–H and O–H groups in total. The van der Waals surface area contributed by atoms with Crippen LogP contribution in [0.3, 0.4) is 0 Å². The number of aryl methyl sites for hydroxylation is 3. The topological polar surface area (TPSA) is 81.8 Å². The minimum atomic E-state index is -0.399. The molecule has 4 aromatic rings. The van der Waals surface area contributed by atoms with Crippen LogP contribution >= 0.6 is 23.2 Å². The first kappa shape index (κ1) is 21.1. The SMILES string of the molecule is Cc1ccc(C)c(-n2nc(C)cc2NC(=O)Cn2cnc3c(Cl)cc(Cl)cc3c2=O)c1. The quantitative estimate of drug-likeness (QED) is 0.492. The molecule has 0 aliphatic heterocycles. The molecule has 0 fully saturated rings. The number of carbonyl (C=O) groups excluding carboxylic acids is 1. The summed E-state index contributed by atoms with van der Waals surface area (Å²) in [6.45, 7) is 5.61. The summed E-state index contributed by atoms with van der Waals surface area (Å²) in [6, 6.07) is 10.8. The summed E-state index contributed by atoms with van der Waals surface area (Å²) in [5.74, 6) is 0.131. The van der Waals surface area contributed by atoms with Crippen molar-refractivity contribution in [1.29, 1.82) is 0 Å². The van der Waals surface area contributed by atoms with Crippen LogP contribution in [0.15, 0.2) is 47.5 Å². The molecule has 2 aromatic carbocycles. The van der Waals surface area contributed by atoms with Crippen LogP contribution < -0.4 is 10.9 Å². The van der Waals surface area contributed by atoms with Crippen LogP contribution in [0.4, 0.5) is 5.82 Å². The van der Waals surface area contributed by atoms with E-state index in [1.807, 2.05) is 39.0 Å². The molecule has 0 radical (unpaired) electrons. The largest absolute Gasteiger partial charge is 0.309 e. The van der Waals surface area contributed by atoms with Crippen LogP contribution in [0.2, 0.25) is 10.0 Å². The Hall–Kier alpha value is -3.16. The number of nitrogens with one attached hydrogen (secondary N) is 1. The maximum Gasteiger partial charge on any atom is 0.261 e. The molecule has 158 valence electrons. The Balaban J connectivity index is 1.64. The third-order valence-corrected chi connectivity index (χ3v) is 5.36. The van der Waals surface area contributed by atoms with Crippen LogP contribution in [-0.4, -0.2) is 25.2 Å². The van der Waals surface area contributed by atoms with E-state index < -0.39 is 5.56 Å². The van der Waals surface area contributed by atoms with E-state index in [2.05, 4.69) is 15.4 Å². The third-order valence-electron chi connectivity index (χ3n) is 4.85. The van der Waals surface area contributed by atoms with Gasteiger partial charge in [-0.25, -0.2) is 9.67 Å². The van der Waals surface area contributed by atoms with Gasteiger partial charge in [-0.3, -0.25) is 14.2 Å². The zero-order valence-electron chi connectivity index (χ0n) is 17.1. The first-order chi connectivity index (χ1) is 14.7. The molecular formula is C22H19Cl2N5O2. The van der Waals surface area contributed by atoms with Gasteiger partial charge in [-0.2, -0.15) is 5.10 Å². The monoisotopic (exact) mass is 455 g/mol. The number of hydrogen-bond donors (Lipinski definition) is 1. The second kappa shape index (κ2) is 8.17. The van der Waals surface area contributed by atoms with Gasteiger partial charge >= 0.3 is 0 Å². The Morgan fingerprint density at radius 3 is 2.65 bits per heavy atom. The fourth-order valence-corrected chi connectivity index (χ4v) is 3.91. The number of fused-ring (bicyclic) bond motifs is 1. The van der Waals surface area contributed by atoms with Gasteiger partial charge in [-0.05, 0) is 50.1 Å². The Labute approximate surface area is 188 Å². The number of benzene rings is 2. The Morgan fingerprint density at radius 2 is 1.87 bits per heavy atom.